The lowest BCUT2D eigenvalue weighted by atomic mass is 10.2. The normalized spacial score (nSPS) is 10.4. The number of carbonyl (C=O) groups excluding carboxylic acids is 1. The van der Waals surface area contributed by atoms with E-state index in [1.165, 1.54) is 0 Å². The summed E-state index contributed by atoms with van der Waals surface area (Å²) in [5.41, 5.74) is 5.38. The fraction of sp³-hybridized carbons (Fsp3) is 0.909. The van der Waals surface area contributed by atoms with E-state index in [0.29, 0.717) is 32.7 Å². The van der Waals surface area contributed by atoms with Crippen LogP contribution in [0, 0.1) is 0 Å². The summed E-state index contributed by atoms with van der Waals surface area (Å²) in [4.78, 5) is 13.6. The molecule has 5 nitrogen and oxygen atoms in total. The largest absolute Gasteiger partial charge is 0.385 e. The highest BCUT2D eigenvalue weighted by atomic mass is 16.5. The fourth-order valence-corrected chi connectivity index (χ4v) is 1.37. The van der Waals surface area contributed by atoms with Crippen molar-refractivity contribution in [3.05, 3.63) is 0 Å². The Morgan fingerprint density at radius 2 is 1.81 bits per heavy atom. The number of hydrogen-bond donors (Lipinski definition) is 1. The molecule has 0 radical (unpaired) electrons. The molecular formula is C11H24N2O3. The van der Waals surface area contributed by atoms with E-state index < -0.39 is 0 Å². The number of nitrogens with zero attached hydrogens (tertiary/aromatic N) is 1. The SMILES string of the molecule is COCCCN(CCOC)C(=O)CCCN. The van der Waals surface area contributed by atoms with Crippen LogP contribution in [0.1, 0.15) is 19.3 Å². The molecule has 0 saturated carbocycles. The molecule has 0 aliphatic carbocycles. The quantitative estimate of drug-likeness (QED) is 0.548. The third-order valence-corrected chi connectivity index (χ3v) is 2.29. The molecule has 0 spiro atoms. The number of ether oxygens (including phenoxy) is 2. The van der Waals surface area contributed by atoms with Gasteiger partial charge in [0.15, 0.2) is 0 Å². The second kappa shape index (κ2) is 10.9. The number of carbonyl (C=O) groups is 1. The van der Waals surface area contributed by atoms with Crippen molar-refractivity contribution in [1.29, 1.82) is 0 Å². The maximum atomic E-state index is 11.8. The lowest BCUT2D eigenvalue weighted by molar-refractivity contribution is -0.132. The van der Waals surface area contributed by atoms with Gasteiger partial charge in [0.05, 0.1) is 6.61 Å². The number of hydrogen-bond acceptors (Lipinski definition) is 4. The predicted molar refractivity (Wildman–Crippen MR) is 63.2 cm³/mol. The first kappa shape index (κ1) is 15.3. The predicted octanol–water partition coefficient (Wildman–Crippen LogP) is 0.237. The van der Waals surface area contributed by atoms with Crippen LogP contribution in [0.5, 0.6) is 0 Å². The minimum Gasteiger partial charge on any atom is -0.385 e. The topological polar surface area (TPSA) is 64.8 Å². The first-order valence-electron chi connectivity index (χ1n) is 5.72. The van der Waals surface area contributed by atoms with Crippen LogP contribution in [0.2, 0.25) is 0 Å². The van der Waals surface area contributed by atoms with Crippen molar-refractivity contribution in [2.75, 3.05) is 47.1 Å². The molecule has 0 aromatic carbocycles. The molecule has 0 atom stereocenters. The van der Waals surface area contributed by atoms with Crippen LogP contribution in [0.15, 0.2) is 0 Å². The maximum absolute atomic E-state index is 11.8. The van der Waals surface area contributed by atoms with E-state index in [0.717, 1.165) is 19.4 Å². The van der Waals surface area contributed by atoms with Crippen LogP contribution in [0.25, 0.3) is 0 Å². The Hall–Kier alpha value is -0.650. The summed E-state index contributed by atoms with van der Waals surface area (Å²) >= 11 is 0. The number of methoxy groups -OCH3 is 2. The maximum Gasteiger partial charge on any atom is 0.222 e. The van der Waals surface area contributed by atoms with E-state index in [4.69, 9.17) is 15.2 Å². The van der Waals surface area contributed by atoms with Crippen LogP contribution in [-0.4, -0.2) is 57.9 Å². The van der Waals surface area contributed by atoms with Crippen LogP contribution in [-0.2, 0) is 14.3 Å². The Labute approximate surface area is 97.9 Å². The van der Waals surface area contributed by atoms with Gasteiger partial charge in [0.25, 0.3) is 0 Å². The number of nitrogens with two attached hydrogens (primary N) is 1. The monoisotopic (exact) mass is 232 g/mol. The zero-order valence-electron chi connectivity index (χ0n) is 10.4. The molecule has 2 N–H and O–H groups in total. The molecule has 0 heterocycles. The Balaban J connectivity index is 3.91. The smallest absolute Gasteiger partial charge is 0.222 e. The molecule has 0 aliphatic heterocycles. The molecule has 16 heavy (non-hydrogen) atoms. The highest BCUT2D eigenvalue weighted by molar-refractivity contribution is 5.76. The standard InChI is InChI=1S/C11H24N2O3/c1-15-9-4-7-13(8-10-16-2)11(14)5-3-6-12/h3-10,12H2,1-2H3. The summed E-state index contributed by atoms with van der Waals surface area (Å²) in [5.74, 6) is 0.151. The molecule has 0 saturated heterocycles. The van der Waals surface area contributed by atoms with Gasteiger partial charge in [0, 0.05) is 40.3 Å². The van der Waals surface area contributed by atoms with Crippen LogP contribution >= 0.6 is 0 Å². The highest BCUT2D eigenvalue weighted by Crippen LogP contribution is 1.99. The van der Waals surface area contributed by atoms with Gasteiger partial charge in [-0.25, -0.2) is 0 Å². The van der Waals surface area contributed by atoms with Gasteiger partial charge in [-0.1, -0.05) is 0 Å². The number of amides is 1. The zero-order chi connectivity index (χ0) is 12.2. The third-order valence-electron chi connectivity index (χ3n) is 2.29. The first-order chi connectivity index (χ1) is 7.76. The summed E-state index contributed by atoms with van der Waals surface area (Å²) in [6, 6.07) is 0. The van der Waals surface area contributed by atoms with Gasteiger partial charge >= 0.3 is 0 Å². The van der Waals surface area contributed by atoms with Crippen molar-refractivity contribution in [3.63, 3.8) is 0 Å². The Bertz CT molecular complexity index is 177. The van der Waals surface area contributed by atoms with Crippen molar-refractivity contribution in [3.8, 4) is 0 Å². The lowest BCUT2D eigenvalue weighted by Gasteiger charge is -2.22. The Kier molecular flexibility index (Phi) is 10.4. The third kappa shape index (κ3) is 7.62. The van der Waals surface area contributed by atoms with E-state index in [9.17, 15) is 4.79 Å². The summed E-state index contributed by atoms with van der Waals surface area (Å²) in [5, 5.41) is 0. The van der Waals surface area contributed by atoms with E-state index in [2.05, 4.69) is 0 Å². The zero-order valence-corrected chi connectivity index (χ0v) is 10.4. The second-order valence-corrected chi connectivity index (χ2v) is 3.61. The van der Waals surface area contributed by atoms with E-state index in [-0.39, 0.29) is 5.91 Å². The average molecular weight is 232 g/mol. The van der Waals surface area contributed by atoms with E-state index >= 15 is 0 Å². The van der Waals surface area contributed by atoms with Gasteiger partial charge in [-0.2, -0.15) is 0 Å². The van der Waals surface area contributed by atoms with Crippen LogP contribution in [0.4, 0.5) is 0 Å². The van der Waals surface area contributed by atoms with Gasteiger partial charge in [-0.15, -0.1) is 0 Å². The molecule has 1 amide bonds. The van der Waals surface area contributed by atoms with Gasteiger partial charge in [0.1, 0.15) is 0 Å². The van der Waals surface area contributed by atoms with E-state index in [1.807, 2.05) is 4.90 Å². The van der Waals surface area contributed by atoms with Gasteiger partial charge in [-0.3, -0.25) is 4.79 Å². The summed E-state index contributed by atoms with van der Waals surface area (Å²) in [6.45, 7) is 3.17. The van der Waals surface area contributed by atoms with Crippen molar-refractivity contribution in [2.24, 2.45) is 5.73 Å². The molecule has 0 aromatic rings. The lowest BCUT2D eigenvalue weighted by Crippen LogP contribution is -2.35. The molecule has 96 valence electrons. The molecule has 0 aliphatic rings. The molecule has 5 heteroatoms. The van der Waals surface area contributed by atoms with Crippen molar-refractivity contribution in [2.45, 2.75) is 19.3 Å². The first-order valence-corrected chi connectivity index (χ1v) is 5.72. The van der Waals surface area contributed by atoms with Crippen LogP contribution in [0.3, 0.4) is 0 Å². The highest BCUT2D eigenvalue weighted by Gasteiger charge is 2.11. The molecule has 0 rings (SSSR count). The van der Waals surface area contributed by atoms with Crippen molar-refractivity contribution >= 4 is 5.91 Å². The fourth-order valence-electron chi connectivity index (χ4n) is 1.37. The summed E-state index contributed by atoms with van der Waals surface area (Å²) < 4.78 is 9.95. The molecule has 0 bridgehead atoms. The van der Waals surface area contributed by atoms with Gasteiger partial charge in [-0.05, 0) is 19.4 Å². The minimum atomic E-state index is 0.151. The van der Waals surface area contributed by atoms with Crippen LogP contribution < -0.4 is 5.73 Å². The second-order valence-electron chi connectivity index (χ2n) is 3.61. The summed E-state index contributed by atoms with van der Waals surface area (Å²) in [7, 11) is 3.30. The van der Waals surface area contributed by atoms with E-state index in [1.54, 1.807) is 14.2 Å². The Morgan fingerprint density at radius 3 is 2.38 bits per heavy atom. The molecule has 0 fully saturated rings. The number of rotatable bonds is 10. The summed E-state index contributed by atoms with van der Waals surface area (Å²) in [6.07, 6.45) is 2.12. The molecule has 0 aromatic heterocycles. The van der Waals surface area contributed by atoms with Crippen molar-refractivity contribution < 1.29 is 14.3 Å². The Morgan fingerprint density at radius 1 is 1.12 bits per heavy atom. The molecule has 0 unspecified atom stereocenters. The average Bonchev–Trinajstić information content (AvgIpc) is 2.30. The van der Waals surface area contributed by atoms with Crippen molar-refractivity contribution in [1.82, 2.24) is 4.90 Å². The minimum absolute atomic E-state index is 0.151. The van der Waals surface area contributed by atoms with Gasteiger partial charge < -0.3 is 20.1 Å². The van der Waals surface area contributed by atoms with Gasteiger partial charge in [0.2, 0.25) is 5.91 Å². The molecular weight excluding hydrogens is 208 g/mol.